The van der Waals surface area contributed by atoms with Crippen molar-refractivity contribution < 1.29 is 0 Å². The molecule has 0 aliphatic carbocycles. The van der Waals surface area contributed by atoms with Gasteiger partial charge in [0.2, 0.25) is 0 Å². The average Bonchev–Trinajstić information content (AvgIpc) is 2.38. The van der Waals surface area contributed by atoms with Gasteiger partial charge in [0.25, 0.3) is 0 Å². The molecule has 1 saturated heterocycles. The lowest BCUT2D eigenvalue weighted by molar-refractivity contribution is 0.428. The van der Waals surface area contributed by atoms with Crippen LogP contribution in [-0.4, -0.2) is 23.4 Å². The first-order chi connectivity index (χ1) is 8.27. The van der Waals surface area contributed by atoms with Gasteiger partial charge < -0.3 is 10.6 Å². The SMILES string of the molecule is BrC(Br)CCc1ccccc1C1CNCCN1. The summed E-state index contributed by atoms with van der Waals surface area (Å²) < 4.78 is 0.403. The second-order valence-electron chi connectivity index (χ2n) is 4.34. The quantitative estimate of drug-likeness (QED) is 0.805. The number of nitrogens with one attached hydrogen (secondary N) is 2. The standard InChI is InChI=1S/C13H18Br2N2/c14-13(15)6-5-10-3-1-2-4-11(10)12-9-16-7-8-17-12/h1-4,12-13,16-17H,5-9H2. The minimum atomic E-state index is 0.403. The number of benzene rings is 1. The summed E-state index contributed by atoms with van der Waals surface area (Å²) in [6.45, 7) is 3.16. The summed E-state index contributed by atoms with van der Waals surface area (Å²) in [5, 5.41) is 7.02. The third kappa shape index (κ3) is 4.05. The van der Waals surface area contributed by atoms with Gasteiger partial charge >= 0.3 is 0 Å². The maximum absolute atomic E-state index is 3.58. The largest absolute Gasteiger partial charge is 0.314 e. The van der Waals surface area contributed by atoms with E-state index in [0.717, 1.165) is 32.5 Å². The van der Waals surface area contributed by atoms with E-state index in [0.29, 0.717) is 9.78 Å². The van der Waals surface area contributed by atoms with Gasteiger partial charge in [-0.15, -0.1) is 0 Å². The molecule has 0 aromatic heterocycles. The molecule has 1 aliphatic rings. The van der Waals surface area contributed by atoms with Crippen LogP contribution in [0.1, 0.15) is 23.6 Å². The first-order valence-corrected chi connectivity index (χ1v) is 7.90. The molecule has 1 aromatic carbocycles. The zero-order valence-corrected chi connectivity index (χ0v) is 12.9. The number of piperazine rings is 1. The van der Waals surface area contributed by atoms with E-state index < -0.39 is 0 Å². The fourth-order valence-electron chi connectivity index (χ4n) is 2.24. The highest BCUT2D eigenvalue weighted by atomic mass is 79.9. The van der Waals surface area contributed by atoms with E-state index in [9.17, 15) is 0 Å². The van der Waals surface area contributed by atoms with E-state index in [1.54, 1.807) is 0 Å². The van der Waals surface area contributed by atoms with Crippen LogP contribution in [0.25, 0.3) is 0 Å². The van der Waals surface area contributed by atoms with Crippen LogP contribution >= 0.6 is 31.9 Å². The van der Waals surface area contributed by atoms with Gasteiger partial charge in [-0.05, 0) is 24.0 Å². The molecule has 1 fully saturated rings. The van der Waals surface area contributed by atoms with Gasteiger partial charge in [0, 0.05) is 25.7 Å². The average molecular weight is 362 g/mol. The van der Waals surface area contributed by atoms with Gasteiger partial charge in [-0.1, -0.05) is 56.1 Å². The van der Waals surface area contributed by atoms with Crippen molar-refractivity contribution in [2.45, 2.75) is 22.6 Å². The molecule has 1 heterocycles. The van der Waals surface area contributed by atoms with Crippen molar-refractivity contribution in [3.05, 3.63) is 35.4 Å². The molecular weight excluding hydrogens is 344 g/mol. The Bertz CT molecular complexity index is 349. The van der Waals surface area contributed by atoms with Crippen molar-refractivity contribution in [2.24, 2.45) is 0 Å². The van der Waals surface area contributed by atoms with Crippen molar-refractivity contribution in [2.75, 3.05) is 19.6 Å². The second kappa shape index (κ2) is 6.88. The van der Waals surface area contributed by atoms with Crippen LogP contribution in [0.15, 0.2) is 24.3 Å². The maximum Gasteiger partial charge on any atom is 0.0701 e. The first kappa shape index (κ1) is 13.5. The van der Waals surface area contributed by atoms with E-state index in [1.165, 1.54) is 11.1 Å². The first-order valence-electron chi connectivity index (χ1n) is 6.07. The Labute approximate surface area is 120 Å². The van der Waals surface area contributed by atoms with Crippen molar-refractivity contribution in [1.82, 2.24) is 10.6 Å². The lowest BCUT2D eigenvalue weighted by atomic mass is 9.96. The van der Waals surface area contributed by atoms with Gasteiger partial charge in [-0.25, -0.2) is 0 Å². The molecule has 0 saturated carbocycles. The molecule has 1 aliphatic heterocycles. The van der Waals surface area contributed by atoms with Gasteiger partial charge in [0.1, 0.15) is 0 Å². The molecule has 17 heavy (non-hydrogen) atoms. The fourth-order valence-corrected chi connectivity index (χ4v) is 2.70. The van der Waals surface area contributed by atoms with E-state index in [-0.39, 0.29) is 0 Å². The maximum atomic E-state index is 3.58. The summed E-state index contributed by atoms with van der Waals surface area (Å²) >= 11 is 7.08. The smallest absolute Gasteiger partial charge is 0.0701 e. The normalized spacial score (nSPS) is 20.8. The second-order valence-corrected chi connectivity index (χ2v) is 7.78. The predicted molar refractivity (Wildman–Crippen MR) is 80.0 cm³/mol. The van der Waals surface area contributed by atoms with E-state index in [4.69, 9.17) is 0 Å². The minimum Gasteiger partial charge on any atom is -0.314 e. The highest BCUT2D eigenvalue weighted by Gasteiger charge is 2.17. The van der Waals surface area contributed by atoms with Crippen molar-refractivity contribution in [1.29, 1.82) is 0 Å². The van der Waals surface area contributed by atoms with Gasteiger partial charge in [0.05, 0.1) is 3.74 Å². The van der Waals surface area contributed by atoms with E-state index >= 15 is 0 Å². The number of alkyl halides is 2. The van der Waals surface area contributed by atoms with Gasteiger partial charge in [0.15, 0.2) is 0 Å². The molecule has 0 spiro atoms. The summed E-state index contributed by atoms with van der Waals surface area (Å²) in [6.07, 6.45) is 2.21. The molecule has 2 N–H and O–H groups in total. The molecule has 1 atom stereocenters. The van der Waals surface area contributed by atoms with E-state index in [1.807, 2.05) is 0 Å². The van der Waals surface area contributed by atoms with Crippen molar-refractivity contribution in [3.8, 4) is 0 Å². The van der Waals surface area contributed by atoms with Crippen LogP contribution in [0.3, 0.4) is 0 Å². The third-order valence-electron chi connectivity index (χ3n) is 3.10. The van der Waals surface area contributed by atoms with Crippen LogP contribution in [0.2, 0.25) is 0 Å². The van der Waals surface area contributed by atoms with Gasteiger partial charge in [-0.2, -0.15) is 0 Å². The lowest BCUT2D eigenvalue weighted by Gasteiger charge is -2.26. The lowest BCUT2D eigenvalue weighted by Crippen LogP contribution is -2.42. The van der Waals surface area contributed by atoms with Crippen molar-refractivity contribution >= 4 is 31.9 Å². The Kier molecular flexibility index (Phi) is 5.48. The Morgan fingerprint density at radius 2 is 2.06 bits per heavy atom. The molecule has 0 amide bonds. The van der Waals surface area contributed by atoms with Crippen LogP contribution in [0.4, 0.5) is 0 Å². The summed E-state index contributed by atoms with van der Waals surface area (Å²) in [7, 11) is 0. The Morgan fingerprint density at radius 3 is 2.76 bits per heavy atom. The highest BCUT2D eigenvalue weighted by molar-refractivity contribution is 9.24. The molecule has 1 unspecified atom stereocenters. The predicted octanol–water partition coefficient (Wildman–Crippen LogP) is 2.97. The molecule has 0 radical (unpaired) electrons. The van der Waals surface area contributed by atoms with E-state index in [2.05, 4.69) is 66.8 Å². The molecular formula is C13H18Br2N2. The topological polar surface area (TPSA) is 24.1 Å². The number of hydrogen-bond donors (Lipinski definition) is 2. The van der Waals surface area contributed by atoms with Gasteiger partial charge in [-0.3, -0.25) is 0 Å². The highest BCUT2D eigenvalue weighted by Crippen LogP contribution is 2.23. The number of rotatable bonds is 4. The van der Waals surface area contributed by atoms with Crippen LogP contribution in [0, 0.1) is 0 Å². The monoisotopic (exact) mass is 360 g/mol. The molecule has 0 bridgehead atoms. The minimum absolute atomic E-state index is 0.403. The third-order valence-corrected chi connectivity index (χ3v) is 4.02. The van der Waals surface area contributed by atoms with Crippen LogP contribution in [0.5, 0.6) is 0 Å². The number of aryl methyl sites for hydroxylation is 1. The van der Waals surface area contributed by atoms with Crippen molar-refractivity contribution in [3.63, 3.8) is 0 Å². The van der Waals surface area contributed by atoms with Crippen LogP contribution in [-0.2, 0) is 6.42 Å². The zero-order valence-electron chi connectivity index (χ0n) is 9.76. The Hall–Kier alpha value is 0.1000. The molecule has 1 aromatic rings. The number of halogens is 2. The Morgan fingerprint density at radius 1 is 1.24 bits per heavy atom. The summed E-state index contributed by atoms with van der Waals surface area (Å²) in [5.74, 6) is 0. The fraction of sp³-hybridized carbons (Fsp3) is 0.538. The molecule has 4 heteroatoms. The summed E-state index contributed by atoms with van der Waals surface area (Å²) in [5.41, 5.74) is 2.90. The molecule has 2 rings (SSSR count). The Balaban J connectivity index is 2.09. The summed E-state index contributed by atoms with van der Waals surface area (Å²) in [4.78, 5) is 0. The molecule has 94 valence electrons. The molecule has 2 nitrogen and oxygen atoms in total. The summed E-state index contributed by atoms with van der Waals surface area (Å²) in [6, 6.07) is 9.22. The number of hydrogen-bond acceptors (Lipinski definition) is 2. The van der Waals surface area contributed by atoms with Crippen LogP contribution < -0.4 is 10.6 Å². The zero-order chi connectivity index (χ0) is 12.1.